The first-order valence-corrected chi connectivity index (χ1v) is 14.9. The van der Waals surface area contributed by atoms with Gasteiger partial charge in [0, 0.05) is 12.1 Å². The molecule has 43 heavy (non-hydrogen) atoms. The normalized spacial score (nSPS) is 12.4. The molecule has 2 aromatic rings. The summed E-state index contributed by atoms with van der Waals surface area (Å²) in [5.74, 6) is 0.568. The molecule has 0 spiro atoms. The number of para-hydroxylation sites is 1. The topological polar surface area (TPSA) is 131 Å². The van der Waals surface area contributed by atoms with E-state index in [1.807, 2.05) is 13.0 Å². The Morgan fingerprint density at radius 2 is 1.70 bits per heavy atom. The molecule has 2 rings (SSSR count). The van der Waals surface area contributed by atoms with Crippen molar-refractivity contribution >= 4 is 41.1 Å². The summed E-state index contributed by atoms with van der Waals surface area (Å²) in [5, 5.41) is 5.73. The van der Waals surface area contributed by atoms with Crippen LogP contribution in [0.1, 0.15) is 89.0 Å². The lowest BCUT2D eigenvalue weighted by Gasteiger charge is -2.34. The summed E-state index contributed by atoms with van der Waals surface area (Å²) in [5.41, 5.74) is 6.87. The van der Waals surface area contributed by atoms with Gasteiger partial charge >= 0.3 is 6.09 Å². The van der Waals surface area contributed by atoms with Gasteiger partial charge in [-0.2, -0.15) is 0 Å². The Balaban J connectivity index is 2.60. The van der Waals surface area contributed by atoms with Crippen molar-refractivity contribution in [3.05, 3.63) is 64.2 Å². The molecule has 0 aliphatic rings. The second kappa shape index (κ2) is 16.6. The Labute approximate surface area is 259 Å². The van der Waals surface area contributed by atoms with E-state index in [-0.39, 0.29) is 6.54 Å². The predicted octanol–water partition coefficient (Wildman–Crippen LogP) is 5.88. The summed E-state index contributed by atoms with van der Waals surface area (Å²) < 4.78 is 5.34. The number of nitrogens with one attached hydrogen (secondary N) is 2. The van der Waals surface area contributed by atoms with Gasteiger partial charge in [0.1, 0.15) is 17.7 Å². The molecule has 0 aromatic heterocycles. The summed E-state index contributed by atoms with van der Waals surface area (Å²) in [7, 11) is 0. The molecule has 0 aliphatic carbocycles. The molecule has 2 atom stereocenters. The predicted molar refractivity (Wildman–Crippen MR) is 169 cm³/mol. The molecule has 2 aromatic carbocycles. The fraction of sp³-hybridized carbons (Fsp3) is 0.455. The number of nitrogens with two attached hydrogens (primary N) is 1. The minimum absolute atomic E-state index is 0.171. The maximum absolute atomic E-state index is 14.2. The quantitative estimate of drug-likeness (QED) is 0.182. The van der Waals surface area contributed by atoms with Gasteiger partial charge in [-0.3, -0.25) is 14.4 Å². The number of halogens is 1. The Morgan fingerprint density at radius 3 is 2.26 bits per heavy atom. The molecular weight excluding hydrogens is 568 g/mol. The lowest BCUT2D eigenvalue weighted by atomic mass is 9.99. The van der Waals surface area contributed by atoms with Crippen LogP contribution >= 0.6 is 11.6 Å². The SMILES string of the molecule is C#Cc1ccc(C(C(=O)Nc2c(C)cccc2Cl)N(CCCCCCC)C(=O)C(CC(N)=O)NC(=O)OC(C)(C)C)cc1. The number of nitrogens with zero attached hydrogens (tertiary/aromatic N) is 1. The minimum atomic E-state index is -1.37. The van der Waals surface area contributed by atoms with Crippen molar-refractivity contribution in [2.24, 2.45) is 5.73 Å². The third-order valence-electron chi connectivity index (χ3n) is 6.60. The van der Waals surface area contributed by atoms with E-state index in [0.717, 1.165) is 31.2 Å². The van der Waals surface area contributed by atoms with Crippen molar-refractivity contribution in [2.75, 3.05) is 11.9 Å². The van der Waals surface area contributed by atoms with Gasteiger partial charge in [0.15, 0.2) is 0 Å². The molecule has 2 unspecified atom stereocenters. The second-order valence-electron chi connectivity index (χ2n) is 11.4. The lowest BCUT2D eigenvalue weighted by Crippen LogP contribution is -2.53. The summed E-state index contributed by atoms with van der Waals surface area (Å²) in [4.78, 5) is 54.5. The Kier molecular flexibility index (Phi) is 13.5. The number of alkyl carbamates (subject to hydrolysis) is 1. The number of anilines is 1. The van der Waals surface area contributed by atoms with E-state index in [9.17, 15) is 19.2 Å². The number of hydrogen-bond acceptors (Lipinski definition) is 5. The number of ether oxygens (including phenoxy) is 1. The monoisotopic (exact) mass is 610 g/mol. The third-order valence-corrected chi connectivity index (χ3v) is 6.92. The maximum atomic E-state index is 14.2. The zero-order valence-corrected chi connectivity index (χ0v) is 26.4. The summed E-state index contributed by atoms with van der Waals surface area (Å²) in [6.07, 6.45) is 8.59. The maximum Gasteiger partial charge on any atom is 0.408 e. The number of aryl methyl sites for hydroxylation is 1. The molecule has 0 heterocycles. The van der Waals surface area contributed by atoms with Crippen LogP contribution in [-0.2, 0) is 19.1 Å². The van der Waals surface area contributed by atoms with Crippen LogP contribution in [0.15, 0.2) is 42.5 Å². The second-order valence-corrected chi connectivity index (χ2v) is 11.8. The average Bonchev–Trinajstić information content (AvgIpc) is 2.92. The van der Waals surface area contributed by atoms with Gasteiger partial charge in [-0.25, -0.2) is 4.79 Å². The van der Waals surface area contributed by atoms with E-state index in [1.54, 1.807) is 57.2 Å². The molecule has 0 saturated carbocycles. The zero-order chi connectivity index (χ0) is 32.2. The minimum Gasteiger partial charge on any atom is -0.444 e. The molecule has 4 amide bonds. The highest BCUT2D eigenvalue weighted by Crippen LogP contribution is 2.30. The first kappa shape index (κ1) is 35.2. The summed E-state index contributed by atoms with van der Waals surface area (Å²) in [6.45, 7) is 9.11. The van der Waals surface area contributed by atoms with Crippen molar-refractivity contribution < 1.29 is 23.9 Å². The first-order valence-electron chi connectivity index (χ1n) is 14.5. The number of terminal acetylenes is 1. The molecular formula is C33H43ClN4O5. The van der Waals surface area contributed by atoms with Crippen LogP contribution in [0.3, 0.4) is 0 Å². The number of carbonyl (C=O) groups is 4. The highest BCUT2D eigenvalue weighted by atomic mass is 35.5. The Hall–Kier alpha value is -4.03. The Bertz CT molecular complexity index is 1290. The van der Waals surface area contributed by atoms with E-state index >= 15 is 0 Å². The van der Waals surface area contributed by atoms with Gasteiger partial charge in [-0.1, -0.05) is 74.4 Å². The number of rotatable bonds is 14. The highest BCUT2D eigenvalue weighted by Gasteiger charge is 2.37. The molecule has 0 bridgehead atoms. The van der Waals surface area contributed by atoms with E-state index in [0.29, 0.717) is 28.3 Å². The number of benzene rings is 2. The average molecular weight is 611 g/mol. The van der Waals surface area contributed by atoms with Crippen molar-refractivity contribution in [3.63, 3.8) is 0 Å². The fourth-order valence-corrected chi connectivity index (χ4v) is 4.79. The summed E-state index contributed by atoms with van der Waals surface area (Å²) >= 11 is 6.43. The van der Waals surface area contributed by atoms with Crippen LogP contribution in [-0.4, -0.2) is 46.9 Å². The van der Waals surface area contributed by atoms with Crippen molar-refractivity contribution in [1.82, 2.24) is 10.2 Å². The van der Waals surface area contributed by atoms with Crippen molar-refractivity contribution in [1.29, 1.82) is 0 Å². The van der Waals surface area contributed by atoms with Crippen LogP contribution in [0.25, 0.3) is 0 Å². The summed E-state index contributed by atoms with van der Waals surface area (Å²) in [6, 6.07) is 9.43. The van der Waals surface area contributed by atoms with E-state index in [1.165, 1.54) is 4.90 Å². The number of unbranched alkanes of at least 4 members (excludes halogenated alkanes) is 4. The van der Waals surface area contributed by atoms with Crippen molar-refractivity contribution in [2.45, 2.75) is 90.8 Å². The fourth-order valence-electron chi connectivity index (χ4n) is 4.52. The number of hydrogen-bond donors (Lipinski definition) is 3. The molecule has 232 valence electrons. The van der Waals surface area contributed by atoms with E-state index in [4.69, 9.17) is 28.5 Å². The highest BCUT2D eigenvalue weighted by molar-refractivity contribution is 6.34. The molecule has 0 saturated heterocycles. The first-order chi connectivity index (χ1) is 20.3. The van der Waals surface area contributed by atoms with Gasteiger partial charge in [-0.15, -0.1) is 6.42 Å². The zero-order valence-electron chi connectivity index (χ0n) is 25.7. The molecule has 0 aliphatic heterocycles. The number of amides is 4. The van der Waals surface area contributed by atoms with Crippen LogP contribution in [0.2, 0.25) is 5.02 Å². The standard InChI is InChI=1S/C33H43ClN4O5/c1-7-9-10-11-12-20-38(31(41)26(21-27(35)39)36-32(42)43-33(4,5)6)29(24-18-16-23(8-2)17-19-24)30(40)37-28-22(3)14-13-15-25(28)34/h2,13-19,26,29H,7,9-12,20-21H2,1,3-6H3,(H2,35,39)(H,36,42)(H,37,40). The smallest absolute Gasteiger partial charge is 0.408 e. The molecule has 0 fully saturated rings. The molecule has 10 heteroatoms. The van der Waals surface area contributed by atoms with E-state index < -0.39 is 47.9 Å². The van der Waals surface area contributed by atoms with Gasteiger partial charge in [-0.05, 0) is 63.4 Å². The Morgan fingerprint density at radius 1 is 1.05 bits per heavy atom. The molecule has 0 radical (unpaired) electrons. The molecule has 4 N–H and O–H groups in total. The van der Waals surface area contributed by atoms with Gasteiger partial charge in [0.25, 0.3) is 5.91 Å². The number of carbonyl (C=O) groups excluding carboxylic acids is 4. The lowest BCUT2D eigenvalue weighted by molar-refractivity contribution is -0.142. The molecule has 9 nitrogen and oxygen atoms in total. The van der Waals surface area contributed by atoms with Crippen LogP contribution in [0, 0.1) is 19.3 Å². The largest absolute Gasteiger partial charge is 0.444 e. The van der Waals surface area contributed by atoms with Gasteiger partial charge in [0.05, 0.1) is 17.1 Å². The number of primary amides is 1. The van der Waals surface area contributed by atoms with Crippen LogP contribution in [0.5, 0.6) is 0 Å². The van der Waals surface area contributed by atoms with Crippen molar-refractivity contribution in [3.8, 4) is 12.3 Å². The van der Waals surface area contributed by atoms with Crippen LogP contribution < -0.4 is 16.4 Å². The van der Waals surface area contributed by atoms with Gasteiger partial charge in [0.2, 0.25) is 11.8 Å². The van der Waals surface area contributed by atoms with Crippen LogP contribution in [0.4, 0.5) is 10.5 Å². The van der Waals surface area contributed by atoms with Gasteiger partial charge < -0.3 is 26.0 Å². The van der Waals surface area contributed by atoms with E-state index in [2.05, 4.69) is 23.5 Å². The third kappa shape index (κ3) is 11.3.